The molecule has 0 atom stereocenters. The minimum Gasteiger partial charge on any atom is -0.462 e. The summed E-state index contributed by atoms with van der Waals surface area (Å²) in [5, 5.41) is 28.5. The third-order valence-electron chi connectivity index (χ3n) is 14.9. The lowest BCUT2D eigenvalue weighted by molar-refractivity contribution is -0.161. The number of fused-ring (bicyclic) bond motifs is 1. The molecule has 1 heterocycles. The number of unbranched alkanes of at least 4 members (excludes halogenated alkanes) is 30. The van der Waals surface area contributed by atoms with E-state index in [-0.39, 0.29) is 13.2 Å². The van der Waals surface area contributed by atoms with E-state index in [0.717, 1.165) is 71.4 Å². The van der Waals surface area contributed by atoms with Crippen molar-refractivity contribution < 1.29 is 19.1 Å². The summed E-state index contributed by atoms with van der Waals surface area (Å²) >= 11 is 0. The van der Waals surface area contributed by atoms with Crippen LogP contribution in [0.15, 0.2) is 118 Å². The van der Waals surface area contributed by atoms with E-state index in [9.17, 15) is 9.59 Å². The summed E-state index contributed by atoms with van der Waals surface area (Å²) in [5.41, 5.74) is 2.11. The highest BCUT2D eigenvalue weighted by atomic mass is 16.6. The van der Waals surface area contributed by atoms with Gasteiger partial charge < -0.3 is 20.1 Å². The van der Waals surface area contributed by atoms with Crippen LogP contribution in [0.25, 0.3) is 21.5 Å². The Hall–Kier alpha value is -5.64. The molecule has 6 rings (SSSR count). The van der Waals surface area contributed by atoms with E-state index in [4.69, 9.17) is 19.7 Å². The Labute approximate surface area is 451 Å². The molecule has 0 radical (unpaired) electrons. The molecular formula is C65H92N6O4. The van der Waals surface area contributed by atoms with E-state index < -0.39 is 17.6 Å². The first kappa shape index (κ1) is 58.6. The maximum atomic E-state index is 14.3. The van der Waals surface area contributed by atoms with E-state index in [1.807, 2.05) is 97.1 Å². The number of anilines is 2. The Kier molecular flexibility index (Phi) is 27.2. The molecule has 0 bridgehead atoms. The predicted molar refractivity (Wildman–Crippen MR) is 314 cm³/mol. The third-order valence-corrected chi connectivity index (χ3v) is 14.9. The van der Waals surface area contributed by atoms with Crippen molar-refractivity contribution >= 4 is 67.6 Å². The number of hydrogen-bond acceptors (Lipinski definition) is 10. The number of carbonyl (C=O) groups excluding carboxylic acids is 2. The molecule has 0 fully saturated rings. The van der Waals surface area contributed by atoms with Gasteiger partial charge in [0.2, 0.25) is 0 Å². The fraction of sp³-hybridized carbons (Fsp3) is 0.569. The van der Waals surface area contributed by atoms with Crippen molar-refractivity contribution in [2.45, 2.75) is 225 Å². The molecule has 1 aliphatic rings. The van der Waals surface area contributed by atoms with E-state index in [1.165, 1.54) is 167 Å². The van der Waals surface area contributed by atoms with Crippen molar-refractivity contribution in [3.8, 4) is 0 Å². The molecule has 0 aromatic heterocycles. The van der Waals surface area contributed by atoms with Crippen LogP contribution in [0.3, 0.4) is 0 Å². The molecule has 10 heteroatoms. The average molecular weight is 1020 g/mol. The highest BCUT2D eigenvalue weighted by Crippen LogP contribution is 2.43. The molecule has 1 aliphatic heterocycles. The van der Waals surface area contributed by atoms with Crippen molar-refractivity contribution in [1.29, 1.82) is 0 Å². The van der Waals surface area contributed by atoms with Crippen molar-refractivity contribution in [3.63, 3.8) is 0 Å². The monoisotopic (exact) mass is 1020 g/mol. The minimum atomic E-state index is -1.95. The van der Waals surface area contributed by atoms with Gasteiger partial charge in [-0.05, 0) is 55.3 Å². The predicted octanol–water partition coefficient (Wildman–Crippen LogP) is 21.0. The Morgan fingerprint density at radius 1 is 0.360 bits per heavy atom. The Balaban J connectivity index is 1.02. The van der Waals surface area contributed by atoms with Gasteiger partial charge in [0.05, 0.1) is 36.0 Å². The number of ether oxygens (including phenoxy) is 2. The number of nitrogens with one attached hydrogen (secondary N) is 2. The number of rotatable bonds is 40. The first-order chi connectivity index (χ1) is 37.0. The van der Waals surface area contributed by atoms with Gasteiger partial charge in [-0.15, -0.1) is 15.3 Å². The maximum absolute atomic E-state index is 14.3. The fourth-order valence-electron chi connectivity index (χ4n) is 10.4. The number of azo groups is 2. The second kappa shape index (κ2) is 34.8. The van der Waals surface area contributed by atoms with Gasteiger partial charge in [-0.3, -0.25) is 0 Å². The molecule has 0 saturated heterocycles. The first-order valence-electron chi connectivity index (χ1n) is 29.9. The van der Waals surface area contributed by atoms with Crippen LogP contribution in [0, 0.1) is 0 Å². The molecule has 2 N–H and O–H groups in total. The van der Waals surface area contributed by atoms with Gasteiger partial charge in [0.15, 0.2) is 0 Å². The van der Waals surface area contributed by atoms with E-state index in [2.05, 4.69) is 34.7 Å². The Morgan fingerprint density at radius 3 is 1.12 bits per heavy atom. The smallest absolute Gasteiger partial charge is 0.365 e. The second-order valence-electron chi connectivity index (χ2n) is 21.1. The SMILES string of the molecule is CCCCCCCCCCCCCCCCCCOC(=O)C1(C(=O)OCCCCCCCCCCCCCCCCCC)Nc2cccc3c(/N=N/c4ccc(/N=N/c5ccccc5)c5ccccc45)ccc(c23)N1. The zero-order chi connectivity index (χ0) is 52.4. The van der Waals surface area contributed by atoms with Crippen LogP contribution in [-0.4, -0.2) is 30.8 Å². The van der Waals surface area contributed by atoms with Gasteiger partial charge in [0, 0.05) is 32.9 Å². The van der Waals surface area contributed by atoms with Crippen LogP contribution in [0.1, 0.15) is 219 Å². The largest absolute Gasteiger partial charge is 0.462 e. The summed E-state index contributed by atoms with van der Waals surface area (Å²) in [6.07, 6.45) is 40.5. The second-order valence-corrected chi connectivity index (χ2v) is 21.1. The number of esters is 2. The van der Waals surface area contributed by atoms with Gasteiger partial charge >= 0.3 is 17.6 Å². The molecule has 5 aromatic rings. The van der Waals surface area contributed by atoms with Crippen LogP contribution in [0.4, 0.5) is 34.1 Å². The highest BCUT2D eigenvalue weighted by Gasteiger charge is 2.52. The molecule has 0 unspecified atom stereocenters. The molecule has 0 saturated carbocycles. The third kappa shape index (κ3) is 19.8. The Bertz CT molecular complexity index is 2410. The summed E-state index contributed by atoms with van der Waals surface area (Å²) in [6.45, 7) is 5.02. The number of carbonyl (C=O) groups is 2. The normalized spacial score (nSPS) is 12.9. The lowest BCUT2D eigenvalue weighted by Gasteiger charge is -2.37. The number of hydrogen-bond donors (Lipinski definition) is 2. The van der Waals surface area contributed by atoms with Crippen molar-refractivity contribution in [1.82, 2.24) is 0 Å². The molecule has 406 valence electrons. The molecule has 0 aliphatic carbocycles. The summed E-state index contributed by atoms with van der Waals surface area (Å²) in [7, 11) is 0. The first-order valence-corrected chi connectivity index (χ1v) is 29.9. The lowest BCUT2D eigenvalue weighted by atomic mass is 9.98. The molecular weight excluding hydrogens is 929 g/mol. The van der Waals surface area contributed by atoms with Gasteiger partial charge in [-0.25, -0.2) is 9.59 Å². The van der Waals surface area contributed by atoms with Gasteiger partial charge in [0.1, 0.15) is 0 Å². The van der Waals surface area contributed by atoms with Crippen LogP contribution in [-0.2, 0) is 19.1 Å². The molecule has 10 nitrogen and oxygen atoms in total. The maximum Gasteiger partial charge on any atom is 0.365 e. The topological polar surface area (TPSA) is 126 Å². The number of benzene rings is 5. The molecule has 0 spiro atoms. The summed E-state index contributed by atoms with van der Waals surface area (Å²) in [4.78, 5) is 28.6. The highest BCUT2D eigenvalue weighted by molar-refractivity contribution is 6.18. The standard InChI is InChI=1S/C65H92N6O4/c1-3-5-7-9-11-13-15-17-19-21-23-25-27-29-31-38-51-74-63(72)65(64(73)75-52-39-32-30-28-26-24-22-20-18-16-14-12-10-8-6-4-2)66-60-46-40-45-56-59(49-50-61(67-65)62(56)60)71-70-58-48-47-57(54-43-36-37-44-55(54)58)69-68-53-41-34-33-35-42-53/h33-37,40-50,66-67H,3-32,38-39,51-52H2,1-2H3/b69-68+,71-70+. The molecule has 5 aromatic carbocycles. The van der Waals surface area contributed by atoms with Crippen molar-refractivity contribution in [2.75, 3.05) is 23.8 Å². The van der Waals surface area contributed by atoms with E-state index in [1.54, 1.807) is 0 Å². The zero-order valence-corrected chi connectivity index (χ0v) is 46.2. The minimum absolute atomic E-state index is 0.233. The molecule has 0 amide bonds. The van der Waals surface area contributed by atoms with Gasteiger partial charge in [-0.1, -0.05) is 261 Å². The van der Waals surface area contributed by atoms with Crippen LogP contribution < -0.4 is 10.6 Å². The average Bonchev–Trinajstić information content (AvgIpc) is 3.45. The van der Waals surface area contributed by atoms with Gasteiger partial charge in [0.25, 0.3) is 0 Å². The summed E-state index contributed by atoms with van der Waals surface area (Å²) in [5.74, 6) is -1.38. The fourth-order valence-corrected chi connectivity index (χ4v) is 10.4. The van der Waals surface area contributed by atoms with Crippen LogP contribution in [0.5, 0.6) is 0 Å². The zero-order valence-electron chi connectivity index (χ0n) is 46.2. The van der Waals surface area contributed by atoms with E-state index in [0.29, 0.717) is 22.7 Å². The van der Waals surface area contributed by atoms with Crippen molar-refractivity contribution in [2.24, 2.45) is 20.5 Å². The quantitative estimate of drug-likeness (QED) is 0.0174. The summed E-state index contributed by atoms with van der Waals surface area (Å²) < 4.78 is 11.9. The van der Waals surface area contributed by atoms with E-state index >= 15 is 0 Å². The summed E-state index contributed by atoms with van der Waals surface area (Å²) in [6, 6.07) is 30.9. The Morgan fingerprint density at radius 2 is 0.693 bits per heavy atom. The number of nitrogens with zero attached hydrogens (tertiary/aromatic N) is 4. The van der Waals surface area contributed by atoms with Crippen molar-refractivity contribution in [3.05, 3.63) is 97.1 Å². The van der Waals surface area contributed by atoms with Gasteiger partial charge in [-0.2, -0.15) is 5.11 Å². The lowest BCUT2D eigenvalue weighted by Crippen LogP contribution is -2.62. The van der Waals surface area contributed by atoms with Crippen LogP contribution in [0.2, 0.25) is 0 Å². The molecule has 75 heavy (non-hydrogen) atoms. The van der Waals surface area contributed by atoms with Crippen LogP contribution >= 0.6 is 0 Å².